The third-order valence-electron chi connectivity index (χ3n) is 6.54. The molecule has 1 N–H and O–H groups in total. The Morgan fingerprint density at radius 2 is 1.70 bits per heavy atom. The van der Waals surface area contributed by atoms with Crippen LogP contribution in [0.4, 0.5) is 0 Å². The van der Waals surface area contributed by atoms with Crippen LogP contribution in [0.5, 0.6) is 11.5 Å². The topological polar surface area (TPSA) is 67.9 Å². The van der Waals surface area contributed by atoms with Crippen molar-refractivity contribution in [2.45, 2.75) is 57.8 Å². The number of hydrogen-bond acceptors (Lipinski definition) is 4. The Balaban J connectivity index is 1.35. The molecule has 1 aromatic rings. The molecule has 3 rings (SSSR count). The number of methoxy groups -OCH3 is 2. The number of nitrogens with zero attached hydrogens (tertiary/aromatic N) is 1. The minimum absolute atomic E-state index is 0.104. The van der Waals surface area contributed by atoms with Crippen molar-refractivity contribution in [1.82, 2.24) is 10.2 Å². The van der Waals surface area contributed by atoms with Crippen molar-refractivity contribution in [1.29, 1.82) is 0 Å². The van der Waals surface area contributed by atoms with E-state index in [-0.39, 0.29) is 11.8 Å². The van der Waals surface area contributed by atoms with Crippen LogP contribution in [0.2, 0.25) is 0 Å². The van der Waals surface area contributed by atoms with Gasteiger partial charge in [0.2, 0.25) is 11.8 Å². The van der Waals surface area contributed by atoms with E-state index in [1.807, 2.05) is 23.1 Å². The maximum absolute atomic E-state index is 12.7. The molecule has 0 aromatic heterocycles. The smallest absolute Gasteiger partial charge is 0.225 e. The summed E-state index contributed by atoms with van der Waals surface area (Å²) < 4.78 is 10.6. The van der Waals surface area contributed by atoms with Crippen LogP contribution in [0, 0.1) is 11.8 Å². The van der Waals surface area contributed by atoms with Crippen LogP contribution in [0.1, 0.15) is 56.9 Å². The quantitative estimate of drug-likeness (QED) is 0.703. The van der Waals surface area contributed by atoms with E-state index in [2.05, 4.69) is 5.32 Å². The molecular formula is C24H36N2O4. The fraction of sp³-hybridized carbons (Fsp3) is 0.667. The van der Waals surface area contributed by atoms with Gasteiger partial charge in [-0.15, -0.1) is 0 Å². The molecule has 6 nitrogen and oxygen atoms in total. The summed E-state index contributed by atoms with van der Waals surface area (Å²) in [7, 11) is 3.24. The number of hydrogen-bond donors (Lipinski definition) is 1. The minimum Gasteiger partial charge on any atom is -0.493 e. The van der Waals surface area contributed by atoms with Gasteiger partial charge in [-0.1, -0.05) is 25.3 Å². The highest BCUT2D eigenvalue weighted by Crippen LogP contribution is 2.29. The Morgan fingerprint density at radius 3 is 2.37 bits per heavy atom. The van der Waals surface area contributed by atoms with Crippen molar-refractivity contribution in [3.05, 3.63) is 23.8 Å². The number of ether oxygens (including phenoxy) is 2. The first-order valence-electron chi connectivity index (χ1n) is 11.4. The zero-order valence-corrected chi connectivity index (χ0v) is 18.5. The molecular weight excluding hydrogens is 380 g/mol. The van der Waals surface area contributed by atoms with Gasteiger partial charge in [-0.25, -0.2) is 0 Å². The van der Waals surface area contributed by atoms with Crippen LogP contribution in [-0.2, 0) is 16.0 Å². The van der Waals surface area contributed by atoms with Gasteiger partial charge in [0.1, 0.15) is 0 Å². The minimum atomic E-state index is 0.104. The number of carbonyl (C=O) groups is 2. The van der Waals surface area contributed by atoms with Crippen molar-refractivity contribution in [2.75, 3.05) is 33.9 Å². The number of benzene rings is 1. The molecule has 0 radical (unpaired) electrons. The Hall–Kier alpha value is -2.24. The lowest BCUT2D eigenvalue weighted by Gasteiger charge is -2.35. The third kappa shape index (κ3) is 6.13. The highest BCUT2D eigenvalue weighted by molar-refractivity contribution is 5.79. The van der Waals surface area contributed by atoms with Crippen LogP contribution >= 0.6 is 0 Å². The van der Waals surface area contributed by atoms with Crippen LogP contribution < -0.4 is 14.8 Å². The van der Waals surface area contributed by atoms with Gasteiger partial charge in [0, 0.05) is 32.0 Å². The van der Waals surface area contributed by atoms with E-state index in [4.69, 9.17) is 9.47 Å². The molecule has 1 saturated carbocycles. The summed E-state index contributed by atoms with van der Waals surface area (Å²) >= 11 is 0. The fourth-order valence-electron chi connectivity index (χ4n) is 4.68. The summed E-state index contributed by atoms with van der Waals surface area (Å²) in [6, 6.07) is 5.83. The van der Waals surface area contributed by atoms with Gasteiger partial charge in [-0.05, 0) is 55.7 Å². The average Bonchev–Trinajstić information content (AvgIpc) is 2.79. The van der Waals surface area contributed by atoms with Crippen LogP contribution in [0.25, 0.3) is 0 Å². The van der Waals surface area contributed by atoms with E-state index in [9.17, 15) is 9.59 Å². The molecule has 1 aliphatic heterocycles. The molecule has 2 fully saturated rings. The van der Waals surface area contributed by atoms with Gasteiger partial charge in [0.15, 0.2) is 11.5 Å². The number of piperidine rings is 1. The monoisotopic (exact) mass is 416 g/mol. The SMILES string of the molecule is COc1ccc(CCNC(=O)CC2CCN(C(=O)C3CCCCC3)CC2)cc1OC. The zero-order chi connectivity index (χ0) is 21.3. The first-order chi connectivity index (χ1) is 14.6. The van der Waals surface area contributed by atoms with E-state index in [0.717, 1.165) is 50.8 Å². The van der Waals surface area contributed by atoms with Crippen molar-refractivity contribution < 1.29 is 19.1 Å². The maximum Gasteiger partial charge on any atom is 0.225 e. The van der Waals surface area contributed by atoms with Crippen molar-refractivity contribution in [3.63, 3.8) is 0 Å². The zero-order valence-electron chi connectivity index (χ0n) is 18.5. The van der Waals surface area contributed by atoms with Crippen LogP contribution in [-0.4, -0.2) is 50.6 Å². The normalized spacial score (nSPS) is 18.1. The summed E-state index contributed by atoms with van der Waals surface area (Å²) in [5.74, 6) is 2.49. The largest absolute Gasteiger partial charge is 0.493 e. The molecule has 30 heavy (non-hydrogen) atoms. The molecule has 1 aromatic carbocycles. The van der Waals surface area contributed by atoms with E-state index < -0.39 is 0 Å². The van der Waals surface area contributed by atoms with E-state index in [0.29, 0.717) is 36.3 Å². The van der Waals surface area contributed by atoms with Gasteiger partial charge in [-0.3, -0.25) is 9.59 Å². The second-order valence-corrected chi connectivity index (χ2v) is 8.60. The Morgan fingerprint density at radius 1 is 1.00 bits per heavy atom. The summed E-state index contributed by atoms with van der Waals surface area (Å²) in [6.07, 6.45) is 8.93. The molecule has 1 aliphatic carbocycles. The molecule has 2 aliphatic rings. The van der Waals surface area contributed by atoms with Crippen molar-refractivity contribution in [3.8, 4) is 11.5 Å². The highest BCUT2D eigenvalue weighted by Gasteiger charge is 2.29. The summed E-state index contributed by atoms with van der Waals surface area (Å²) in [5, 5.41) is 3.04. The van der Waals surface area contributed by atoms with Gasteiger partial charge in [0.25, 0.3) is 0 Å². The lowest BCUT2D eigenvalue weighted by atomic mass is 9.87. The van der Waals surface area contributed by atoms with Gasteiger partial charge >= 0.3 is 0 Å². The van der Waals surface area contributed by atoms with E-state index in [1.54, 1.807) is 14.2 Å². The predicted molar refractivity (Wildman–Crippen MR) is 117 cm³/mol. The van der Waals surface area contributed by atoms with Gasteiger partial charge in [0.05, 0.1) is 14.2 Å². The lowest BCUT2D eigenvalue weighted by molar-refractivity contribution is -0.138. The second-order valence-electron chi connectivity index (χ2n) is 8.60. The Labute approximate surface area is 180 Å². The number of amides is 2. The Bertz CT molecular complexity index is 707. The maximum atomic E-state index is 12.7. The first-order valence-corrected chi connectivity index (χ1v) is 11.4. The number of likely N-dealkylation sites (tertiary alicyclic amines) is 1. The van der Waals surface area contributed by atoms with Crippen molar-refractivity contribution in [2.24, 2.45) is 11.8 Å². The summed E-state index contributed by atoms with van der Waals surface area (Å²) in [5.41, 5.74) is 1.10. The summed E-state index contributed by atoms with van der Waals surface area (Å²) in [4.78, 5) is 27.1. The molecule has 0 atom stereocenters. The lowest BCUT2D eigenvalue weighted by Crippen LogP contribution is -2.43. The molecule has 0 spiro atoms. The molecule has 6 heteroatoms. The van der Waals surface area contributed by atoms with Crippen LogP contribution in [0.15, 0.2) is 18.2 Å². The van der Waals surface area contributed by atoms with E-state index in [1.165, 1.54) is 19.3 Å². The molecule has 2 amide bonds. The third-order valence-corrected chi connectivity index (χ3v) is 6.54. The number of carbonyl (C=O) groups excluding carboxylic acids is 2. The Kier molecular flexibility index (Phi) is 8.40. The highest BCUT2D eigenvalue weighted by atomic mass is 16.5. The molecule has 0 bridgehead atoms. The van der Waals surface area contributed by atoms with Gasteiger partial charge < -0.3 is 19.7 Å². The predicted octanol–water partition coefficient (Wildman–Crippen LogP) is 3.57. The van der Waals surface area contributed by atoms with E-state index >= 15 is 0 Å². The number of nitrogens with one attached hydrogen (secondary N) is 1. The molecule has 1 heterocycles. The second kappa shape index (κ2) is 11.2. The first kappa shape index (κ1) is 22.4. The average molecular weight is 417 g/mol. The molecule has 0 unspecified atom stereocenters. The number of rotatable bonds is 8. The summed E-state index contributed by atoms with van der Waals surface area (Å²) in [6.45, 7) is 2.21. The van der Waals surface area contributed by atoms with Gasteiger partial charge in [-0.2, -0.15) is 0 Å². The molecule has 166 valence electrons. The standard InChI is InChI=1S/C24H36N2O4/c1-29-21-9-8-18(16-22(21)30-2)10-13-25-23(27)17-19-11-14-26(15-12-19)24(28)20-6-4-3-5-7-20/h8-9,16,19-20H,3-7,10-15,17H2,1-2H3,(H,25,27). The van der Waals surface area contributed by atoms with Crippen LogP contribution in [0.3, 0.4) is 0 Å². The van der Waals surface area contributed by atoms with Crippen molar-refractivity contribution >= 4 is 11.8 Å². The molecule has 1 saturated heterocycles. The fourth-order valence-corrected chi connectivity index (χ4v) is 4.68.